The van der Waals surface area contributed by atoms with Gasteiger partial charge in [0.05, 0.1) is 11.4 Å². The summed E-state index contributed by atoms with van der Waals surface area (Å²) in [6, 6.07) is 12.6. The summed E-state index contributed by atoms with van der Waals surface area (Å²) in [5.74, 6) is 0.208. The fourth-order valence-corrected chi connectivity index (χ4v) is 3.73. The van der Waals surface area contributed by atoms with Crippen molar-refractivity contribution in [1.29, 1.82) is 0 Å². The molecule has 130 valence electrons. The fourth-order valence-electron chi connectivity index (χ4n) is 2.14. The van der Waals surface area contributed by atoms with Crippen LogP contribution in [0.4, 0.5) is 5.82 Å². The highest BCUT2D eigenvalue weighted by atomic mass is 35.5. The van der Waals surface area contributed by atoms with E-state index in [1.807, 2.05) is 0 Å². The van der Waals surface area contributed by atoms with Crippen molar-refractivity contribution >= 4 is 50.6 Å². The highest BCUT2D eigenvalue weighted by molar-refractivity contribution is 7.92. The van der Waals surface area contributed by atoms with Crippen LogP contribution in [0.25, 0.3) is 0 Å². The minimum absolute atomic E-state index is 0.104. The van der Waals surface area contributed by atoms with Crippen LogP contribution in [0.5, 0.6) is 0 Å². The average Bonchev–Trinajstić information content (AvgIpc) is 2.97. The second kappa shape index (κ2) is 7.25. The minimum atomic E-state index is -3.73. The van der Waals surface area contributed by atoms with Crippen molar-refractivity contribution in [2.24, 2.45) is 0 Å². The second-order valence-electron chi connectivity index (χ2n) is 5.19. The average molecular weight is 417 g/mol. The van der Waals surface area contributed by atoms with E-state index in [2.05, 4.69) is 9.82 Å². The topological polar surface area (TPSA) is 64.0 Å². The summed E-state index contributed by atoms with van der Waals surface area (Å²) in [6.07, 6.45) is 1.66. The summed E-state index contributed by atoms with van der Waals surface area (Å²) < 4.78 is 28.7. The molecule has 3 rings (SSSR count). The number of nitrogens with one attached hydrogen (secondary N) is 1. The van der Waals surface area contributed by atoms with Crippen LogP contribution in [-0.4, -0.2) is 18.2 Å². The first-order chi connectivity index (χ1) is 11.8. The molecule has 9 heteroatoms. The van der Waals surface area contributed by atoms with Gasteiger partial charge < -0.3 is 0 Å². The van der Waals surface area contributed by atoms with Crippen molar-refractivity contribution in [2.75, 3.05) is 4.72 Å². The lowest BCUT2D eigenvalue weighted by Gasteiger charge is -2.06. The Bertz CT molecular complexity index is 1000. The predicted molar refractivity (Wildman–Crippen MR) is 100 cm³/mol. The lowest BCUT2D eigenvalue weighted by molar-refractivity contribution is 0.600. The summed E-state index contributed by atoms with van der Waals surface area (Å²) in [5.41, 5.74) is 0.821. The lowest BCUT2D eigenvalue weighted by Crippen LogP contribution is -2.13. The number of sulfonamides is 1. The number of benzene rings is 2. The molecule has 1 heterocycles. The van der Waals surface area contributed by atoms with Gasteiger partial charge in [0.15, 0.2) is 5.82 Å². The molecule has 0 spiro atoms. The number of rotatable bonds is 5. The Kier molecular flexibility index (Phi) is 5.24. The molecule has 0 bridgehead atoms. The lowest BCUT2D eigenvalue weighted by atomic mass is 10.2. The maximum Gasteiger partial charge on any atom is 0.263 e. The minimum Gasteiger partial charge on any atom is -0.266 e. The number of halogens is 3. The molecule has 0 saturated heterocycles. The van der Waals surface area contributed by atoms with Crippen molar-refractivity contribution in [1.82, 2.24) is 9.78 Å². The molecule has 0 fully saturated rings. The summed E-state index contributed by atoms with van der Waals surface area (Å²) in [6.45, 7) is 0.388. The Morgan fingerprint density at radius 1 is 0.960 bits per heavy atom. The van der Waals surface area contributed by atoms with Crippen LogP contribution in [0.3, 0.4) is 0 Å². The summed E-state index contributed by atoms with van der Waals surface area (Å²) in [7, 11) is -3.73. The molecule has 0 unspecified atom stereocenters. The van der Waals surface area contributed by atoms with Crippen molar-refractivity contribution in [2.45, 2.75) is 11.4 Å². The van der Waals surface area contributed by atoms with Gasteiger partial charge in [-0.25, -0.2) is 8.42 Å². The normalized spacial score (nSPS) is 11.5. The summed E-state index contributed by atoms with van der Waals surface area (Å²) in [5, 5.41) is 5.73. The van der Waals surface area contributed by atoms with E-state index in [-0.39, 0.29) is 10.7 Å². The SMILES string of the molecule is O=S(=O)(Nc1ccn(Cc2ccc(Cl)cc2Cl)n1)c1ccc(Cl)cc1. The van der Waals surface area contributed by atoms with Gasteiger partial charge in [0, 0.05) is 27.3 Å². The zero-order valence-corrected chi connectivity index (χ0v) is 15.7. The van der Waals surface area contributed by atoms with E-state index in [1.165, 1.54) is 24.3 Å². The van der Waals surface area contributed by atoms with E-state index in [9.17, 15) is 8.42 Å². The Hall–Kier alpha value is -1.73. The standard InChI is InChI=1S/C16H12Cl3N3O2S/c17-12-3-5-14(6-4-12)25(23,24)21-16-7-8-22(20-16)10-11-1-2-13(18)9-15(11)19/h1-9H,10H2,(H,20,21). The molecular formula is C16H12Cl3N3O2S. The van der Waals surface area contributed by atoms with Gasteiger partial charge >= 0.3 is 0 Å². The molecule has 0 amide bonds. The van der Waals surface area contributed by atoms with Crippen molar-refractivity contribution in [3.8, 4) is 0 Å². The summed E-state index contributed by atoms with van der Waals surface area (Å²) >= 11 is 17.8. The Morgan fingerprint density at radius 2 is 1.64 bits per heavy atom. The third kappa shape index (κ3) is 4.46. The Balaban J connectivity index is 1.76. The van der Waals surface area contributed by atoms with Crippen LogP contribution >= 0.6 is 34.8 Å². The highest BCUT2D eigenvalue weighted by Crippen LogP contribution is 2.22. The molecule has 0 aliphatic heterocycles. The molecule has 0 saturated carbocycles. The van der Waals surface area contributed by atoms with Crippen LogP contribution in [0.1, 0.15) is 5.56 Å². The largest absolute Gasteiger partial charge is 0.266 e. The fraction of sp³-hybridized carbons (Fsp3) is 0.0625. The van der Waals surface area contributed by atoms with Crippen molar-refractivity contribution in [3.05, 3.63) is 75.4 Å². The first kappa shape index (κ1) is 18.1. The number of hydrogen-bond donors (Lipinski definition) is 1. The van der Waals surface area contributed by atoms with E-state index in [0.717, 1.165) is 5.56 Å². The number of hydrogen-bond acceptors (Lipinski definition) is 3. The first-order valence-electron chi connectivity index (χ1n) is 7.09. The van der Waals surface area contributed by atoms with E-state index in [0.29, 0.717) is 21.6 Å². The first-order valence-corrected chi connectivity index (χ1v) is 9.71. The molecule has 3 aromatic rings. The maximum absolute atomic E-state index is 12.3. The molecule has 1 N–H and O–H groups in total. The molecule has 0 atom stereocenters. The van der Waals surface area contributed by atoms with Gasteiger partial charge in [0.1, 0.15) is 0 Å². The zero-order chi connectivity index (χ0) is 18.0. The van der Waals surface area contributed by atoms with Gasteiger partial charge in [0.2, 0.25) is 0 Å². The molecular weight excluding hydrogens is 405 g/mol. The Morgan fingerprint density at radius 3 is 2.32 bits per heavy atom. The highest BCUT2D eigenvalue weighted by Gasteiger charge is 2.15. The van der Waals surface area contributed by atoms with Crippen LogP contribution in [0, 0.1) is 0 Å². The number of anilines is 1. The third-order valence-corrected chi connectivity index (χ3v) is 5.56. The van der Waals surface area contributed by atoms with Crippen LogP contribution in [0.15, 0.2) is 59.6 Å². The molecule has 0 aliphatic carbocycles. The van der Waals surface area contributed by atoms with E-state index in [4.69, 9.17) is 34.8 Å². The number of nitrogens with zero attached hydrogens (tertiary/aromatic N) is 2. The van der Waals surface area contributed by atoms with Crippen LogP contribution < -0.4 is 4.72 Å². The third-order valence-electron chi connectivity index (χ3n) is 3.35. The van der Waals surface area contributed by atoms with Gasteiger partial charge in [-0.3, -0.25) is 9.40 Å². The van der Waals surface area contributed by atoms with Crippen molar-refractivity contribution in [3.63, 3.8) is 0 Å². The van der Waals surface area contributed by atoms with Gasteiger partial charge in [-0.05, 0) is 42.0 Å². The maximum atomic E-state index is 12.3. The van der Waals surface area contributed by atoms with Gasteiger partial charge in [-0.15, -0.1) is 0 Å². The van der Waals surface area contributed by atoms with Gasteiger partial charge in [0.25, 0.3) is 10.0 Å². The van der Waals surface area contributed by atoms with E-state index < -0.39 is 10.0 Å². The van der Waals surface area contributed by atoms with Crippen LogP contribution in [-0.2, 0) is 16.6 Å². The second-order valence-corrected chi connectivity index (χ2v) is 8.16. The van der Waals surface area contributed by atoms with Gasteiger partial charge in [-0.1, -0.05) is 40.9 Å². The summed E-state index contributed by atoms with van der Waals surface area (Å²) in [4.78, 5) is 0.104. The Labute approximate surface area is 160 Å². The quantitative estimate of drug-likeness (QED) is 0.656. The van der Waals surface area contributed by atoms with Crippen LogP contribution in [0.2, 0.25) is 15.1 Å². The van der Waals surface area contributed by atoms with Crippen molar-refractivity contribution < 1.29 is 8.42 Å². The molecule has 0 radical (unpaired) electrons. The predicted octanol–water partition coefficient (Wildman–Crippen LogP) is 4.69. The molecule has 5 nitrogen and oxygen atoms in total. The molecule has 0 aliphatic rings. The number of aromatic nitrogens is 2. The zero-order valence-electron chi connectivity index (χ0n) is 12.7. The van der Waals surface area contributed by atoms with E-state index in [1.54, 1.807) is 35.1 Å². The smallest absolute Gasteiger partial charge is 0.263 e. The monoisotopic (exact) mass is 415 g/mol. The molecule has 2 aromatic carbocycles. The van der Waals surface area contributed by atoms with Gasteiger partial charge in [-0.2, -0.15) is 5.10 Å². The molecule has 1 aromatic heterocycles. The van der Waals surface area contributed by atoms with E-state index >= 15 is 0 Å². The molecule has 25 heavy (non-hydrogen) atoms.